The van der Waals surface area contributed by atoms with Crippen LogP contribution in [0.15, 0.2) is 17.0 Å². The van der Waals surface area contributed by atoms with Crippen molar-refractivity contribution in [1.29, 1.82) is 0 Å². The lowest BCUT2D eigenvalue weighted by Gasteiger charge is -2.31. The first-order chi connectivity index (χ1) is 9.36. The SMILES string of the molecule is CCC1CCCN(S(=O)(=O)c2c(F)cc(N)cc2F)C1. The topological polar surface area (TPSA) is 63.4 Å². The summed E-state index contributed by atoms with van der Waals surface area (Å²) in [6.45, 7) is 2.58. The van der Waals surface area contributed by atoms with E-state index in [1.165, 1.54) is 4.31 Å². The molecular weight excluding hydrogens is 286 g/mol. The number of rotatable bonds is 3. The number of piperidine rings is 1. The van der Waals surface area contributed by atoms with Gasteiger partial charge >= 0.3 is 0 Å². The Balaban J connectivity index is 2.40. The van der Waals surface area contributed by atoms with Crippen LogP contribution in [0.2, 0.25) is 0 Å². The highest BCUT2D eigenvalue weighted by atomic mass is 32.2. The Kier molecular flexibility index (Phi) is 4.29. The molecule has 112 valence electrons. The number of benzene rings is 1. The van der Waals surface area contributed by atoms with Crippen molar-refractivity contribution in [2.75, 3.05) is 18.8 Å². The van der Waals surface area contributed by atoms with Gasteiger partial charge in [0.15, 0.2) is 4.90 Å². The third-order valence-corrected chi connectivity index (χ3v) is 5.59. The van der Waals surface area contributed by atoms with Crippen molar-refractivity contribution in [3.05, 3.63) is 23.8 Å². The normalized spacial score (nSPS) is 21.1. The lowest BCUT2D eigenvalue weighted by atomic mass is 9.97. The van der Waals surface area contributed by atoms with Gasteiger partial charge in [0.2, 0.25) is 10.0 Å². The van der Waals surface area contributed by atoms with Crippen LogP contribution in [0.1, 0.15) is 26.2 Å². The van der Waals surface area contributed by atoms with Crippen LogP contribution in [0.5, 0.6) is 0 Å². The minimum absolute atomic E-state index is 0.135. The molecule has 1 aromatic carbocycles. The molecule has 1 aliphatic rings. The molecule has 0 aliphatic carbocycles. The minimum atomic E-state index is -4.16. The number of sulfonamides is 1. The number of nitrogens with two attached hydrogens (primary N) is 1. The molecule has 2 N–H and O–H groups in total. The van der Waals surface area contributed by atoms with Crippen molar-refractivity contribution < 1.29 is 17.2 Å². The van der Waals surface area contributed by atoms with E-state index in [0.29, 0.717) is 19.5 Å². The van der Waals surface area contributed by atoms with E-state index in [2.05, 4.69) is 0 Å². The van der Waals surface area contributed by atoms with E-state index in [0.717, 1.165) is 25.0 Å². The standard InChI is InChI=1S/C13H18F2N2O2S/c1-2-9-4-3-5-17(8-9)20(18,19)13-11(14)6-10(16)7-12(13)15/h6-7,9H,2-5,8,16H2,1H3. The van der Waals surface area contributed by atoms with Crippen molar-refractivity contribution >= 4 is 15.7 Å². The number of nitrogen functional groups attached to an aromatic ring is 1. The van der Waals surface area contributed by atoms with E-state index in [1.54, 1.807) is 0 Å². The average molecular weight is 304 g/mol. The first kappa shape index (κ1) is 15.2. The summed E-state index contributed by atoms with van der Waals surface area (Å²) >= 11 is 0. The van der Waals surface area contributed by atoms with Gasteiger partial charge in [-0.3, -0.25) is 0 Å². The molecule has 1 atom stereocenters. The Morgan fingerprint density at radius 3 is 2.50 bits per heavy atom. The van der Waals surface area contributed by atoms with Gasteiger partial charge < -0.3 is 5.73 Å². The molecule has 0 radical (unpaired) electrons. The third kappa shape index (κ3) is 2.78. The van der Waals surface area contributed by atoms with E-state index in [-0.39, 0.29) is 11.6 Å². The average Bonchev–Trinajstić information content (AvgIpc) is 2.37. The van der Waals surface area contributed by atoms with E-state index < -0.39 is 26.6 Å². The van der Waals surface area contributed by atoms with Crippen LogP contribution in [0, 0.1) is 17.6 Å². The number of hydrogen-bond donors (Lipinski definition) is 1. The van der Waals surface area contributed by atoms with Gasteiger partial charge in [0.05, 0.1) is 0 Å². The molecule has 0 bridgehead atoms. The van der Waals surface area contributed by atoms with Crippen LogP contribution in [0.4, 0.5) is 14.5 Å². The van der Waals surface area contributed by atoms with Gasteiger partial charge in [-0.1, -0.05) is 13.3 Å². The van der Waals surface area contributed by atoms with Gasteiger partial charge in [0.1, 0.15) is 11.6 Å². The Bertz CT molecular complexity index is 581. The molecule has 1 saturated heterocycles. The molecule has 0 aromatic heterocycles. The predicted octanol–water partition coefficient (Wildman–Crippen LogP) is 2.36. The fourth-order valence-corrected chi connectivity index (χ4v) is 4.18. The molecule has 0 spiro atoms. The Morgan fingerprint density at radius 2 is 1.95 bits per heavy atom. The van der Waals surface area contributed by atoms with Crippen molar-refractivity contribution in [3.63, 3.8) is 0 Å². The van der Waals surface area contributed by atoms with Crippen LogP contribution in [0.3, 0.4) is 0 Å². The molecule has 20 heavy (non-hydrogen) atoms. The molecule has 1 aliphatic heterocycles. The first-order valence-corrected chi connectivity index (χ1v) is 8.05. The van der Waals surface area contributed by atoms with Gasteiger partial charge in [-0.15, -0.1) is 0 Å². The highest BCUT2D eigenvalue weighted by Crippen LogP contribution is 2.29. The van der Waals surface area contributed by atoms with Crippen LogP contribution >= 0.6 is 0 Å². The van der Waals surface area contributed by atoms with Gasteiger partial charge in [0, 0.05) is 18.8 Å². The summed E-state index contributed by atoms with van der Waals surface area (Å²) < 4.78 is 53.6. The lowest BCUT2D eigenvalue weighted by Crippen LogP contribution is -2.40. The molecule has 1 aromatic rings. The van der Waals surface area contributed by atoms with Gasteiger partial charge in [-0.25, -0.2) is 17.2 Å². The minimum Gasteiger partial charge on any atom is -0.399 e. The van der Waals surface area contributed by atoms with Crippen molar-refractivity contribution in [2.45, 2.75) is 31.1 Å². The quantitative estimate of drug-likeness (QED) is 0.872. The number of hydrogen-bond acceptors (Lipinski definition) is 3. The molecule has 1 heterocycles. The molecule has 2 rings (SSSR count). The summed E-state index contributed by atoms with van der Waals surface area (Å²) in [7, 11) is -4.16. The van der Waals surface area contributed by atoms with E-state index in [1.807, 2.05) is 6.92 Å². The second-order valence-corrected chi connectivity index (χ2v) is 6.97. The van der Waals surface area contributed by atoms with Crippen molar-refractivity contribution in [2.24, 2.45) is 5.92 Å². The Labute approximate surface area is 117 Å². The third-order valence-electron chi connectivity index (χ3n) is 3.68. The maximum absolute atomic E-state index is 13.8. The molecule has 1 fully saturated rings. The predicted molar refractivity (Wildman–Crippen MR) is 72.5 cm³/mol. The maximum Gasteiger partial charge on any atom is 0.248 e. The summed E-state index contributed by atoms with van der Waals surface area (Å²) in [6.07, 6.45) is 2.49. The van der Waals surface area contributed by atoms with Gasteiger partial charge in [-0.2, -0.15) is 4.31 Å². The second-order valence-electron chi connectivity index (χ2n) is 5.09. The Morgan fingerprint density at radius 1 is 1.35 bits per heavy atom. The molecule has 4 nitrogen and oxygen atoms in total. The summed E-state index contributed by atoms with van der Waals surface area (Å²) in [5.41, 5.74) is 5.17. The largest absolute Gasteiger partial charge is 0.399 e. The summed E-state index contributed by atoms with van der Waals surface area (Å²) in [4.78, 5) is -0.900. The molecule has 7 heteroatoms. The number of nitrogens with zero attached hydrogens (tertiary/aromatic N) is 1. The highest BCUT2D eigenvalue weighted by molar-refractivity contribution is 7.89. The first-order valence-electron chi connectivity index (χ1n) is 6.61. The zero-order chi connectivity index (χ0) is 14.9. The van der Waals surface area contributed by atoms with E-state index in [4.69, 9.17) is 5.73 Å². The molecule has 1 unspecified atom stereocenters. The molecular formula is C13H18F2N2O2S. The fraction of sp³-hybridized carbons (Fsp3) is 0.538. The summed E-state index contributed by atoms with van der Waals surface area (Å²) in [6, 6.07) is 1.66. The second kappa shape index (κ2) is 5.65. The summed E-state index contributed by atoms with van der Waals surface area (Å²) in [5, 5.41) is 0. The van der Waals surface area contributed by atoms with E-state index in [9.17, 15) is 17.2 Å². The van der Waals surface area contributed by atoms with Crippen LogP contribution in [-0.4, -0.2) is 25.8 Å². The molecule has 0 saturated carbocycles. The zero-order valence-corrected chi connectivity index (χ0v) is 12.1. The Hall–Kier alpha value is -1.21. The highest BCUT2D eigenvalue weighted by Gasteiger charge is 2.34. The van der Waals surface area contributed by atoms with Crippen LogP contribution < -0.4 is 5.73 Å². The summed E-state index contributed by atoms with van der Waals surface area (Å²) in [5.74, 6) is -2.04. The molecule has 0 amide bonds. The zero-order valence-electron chi connectivity index (χ0n) is 11.3. The van der Waals surface area contributed by atoms with Crippen LogP contribution in [0.25, 0.3) is 0 Å². The van der Waals surface area contributed by atoms with Crippen molar-refractivity contribution in [1.82, 2.24) is 4.31 Å². The number of anilines is 1. The number of halogens is 2. The van der Waals surface area contributed by atoms with Gasteiger partial charge in [-0.05, 0) is 30.9 Å². The maximum atomic E-state index is 13.8. The van der Waals surface area contributed by atoms with E-state index >= 15 is 0 Å². The fourth-order valence-electron chi connectivity index (χ4n) is 2.53. The monoisotopic (exact) mass is 304 g/mol. The van der Waals surface area contributed by atoms with Crippen LogP contribution in [-0.2, 0) is 10.0 Å². The smallest absolute Gasteiger partial charge is 0.248 e. The van der Waals surface area contributed by atoms with Crippen molar-refractivity contribution in [3.8, 4) is 0 Å². The van der Waals surface area contributed by atoms with Gasteiger partial charge in [0.25, 0.3) is 0 Å². The lowest BCUT2D eigenvalue weighted by molar-refractivity contribution is 0.260.